The van der Waals surface area contributed by atoms with E-state index in [1.165, 1.54) is 6.07 Å². The van der Waals surface area contributed by atoms with Crippen LogP contribution < -0.4 is 11.2 Å². The van der Waals surface area contributed by atoms with Gasteiger partial charge in [-0.1, -0.05) is 20.8 Å². The van der Waals surface area contributed by atoms with Crippen LogP contribution in [0.4, 0.5) is 0 Å². The van der Waals surface area contributed by atoms with Crippen LogP contribution in [-0.4, -0.2) is 22.3 Å². The first-order chi connectivity index (χ1) is 8.89. The maximum Gasteiger partial charge on any atom is 0.328 e. The van der Waals surface area contributed by atoms with Crippen molar-refractivity contribution in [3.63, 3.8) is 0 Å². The van der Waals surface area contributed by atoms with Crippen molar-refractivity contribution >= 4 is 0 Å². The van der Waals surface area contributed by atoms with Gasteiger partial charge in [0.2, 0.25) is 0 Å². The average molecular weight is 266 g/mol. The molecule has 1 saturated heterocycles. The Balaban J connectivity index is 2.22. The van der Waals surface area contributed by atoms with Crippen LogP contribution in [0.3, 0.4) is 0 Å². The second kappa shape index (κ2) is 4.96. The fourth-order valence-electron chi connectivity index (χ4n) is 2.81. The van der Waals surface area contributed by atoms with E-state index in [-0.39, 0.29) is 34.7 Å². The Hall–Kier alpha value is -1.36. The summed E-state index contributed by atoms with van der Waals surface area (Å²) in [5, 5.41) is 0. The third-order valence-corrected chi connectivity index (χ3v) is 4.62. The smallest absolute Gasteiger partial charge is 0.328 e. The summed E-state index contributed by atoms with van der Waals surface area (Å²) in [6.45, 7) is 9.26. The van der Waals surface area contributed by atoms with Gasteiger partial charge in [0.05, 0.1) is 12.7 Å². The molecule has 0 amide bonds. The topological polar surface area (TPSA) is 64.1 Å². The first kappa shape index (κ1) is 14.1. The molecule has 0 radical (unpaired) electrons. The van der Waals surface area contributed by atoms with E-state index < -0.39 is 0 Å². The second-order valence-corrected chi connectivity index (χ2v) is 5.86. The number of aromatic nitrogens is 2. The van der Waals surface area contributed by atoms with Crippen LogP contribution in [-0.2, 0) is 4.74 Å². The molecule has 0 bridgehead atoms. The van der Waals surface area contributed by atoms with Gasteiger partial charge in [-0.05, 0) is 13.3 Å². The van der Waals surface area contributed by atoms with Gasteiger partial charge >= 0.3 is 5.69 Å². The van der Waals surface area contributed by atoms with Gasteiger partial charge in [0.15, 0.2) is 0 Å². The number of hydrogen-bond donors (Lipinski definition) is 1. The van der Waals surface area contributed by atoms with E-state index in [1.807, 2.05) is 6.92 Å². The molecular weight excluding hydrogens is 244 g/mol. The van der Waals surface area contributed by atoms with Gasteiger partial charge in [0, 0.05) is 29.6 Å². The lowest BCUT2D eigenvalue weighted by Crippen LogP contribution is -2.54. The lowest BCUT2D eigenvalue weighted by atomic mass is 9.71. The predicted molar refractivity (Wildman–Crippen MR) is 73.3 cm³/mol. The van der Waals surface area contributed by atoms with Crippen LogP contribution in [0.15, 0.2) is 21.9 Å². The average Bonchev–Trinajstić information content (AvgIpc) is 2.35. The highest BCUT2D eigenvalue weighted by Gasteiger charge is 2.47. The normalized spacial score (nSPS) is 29.6. The molecule has 1 aromatic rings. The first-order valence-corrected chi connectivity index (χ1v) is 6.82. The number of rotatable bonds is 4. The maximum absolute atomic E-state index is 11.8. The van der Waals surface area contributed by atoms with Gasteiger partial charge in [-0.3, -0.25) is 14.3 Å². The fourth-order valence-corrected chi connectivity index (χ4v) is 2.81. The Morgan fingerprint density at radius 2 is 2.21 bits per heavy atom. The lowest BCUT2D eigenvalue weighted by molar-refractivity contribution is -0.207. The van der Waals surface area contributed by atoms with Crippen LogP contribution in [0.1, 0.15) is 40.2 Å². The zero-order valence-electron chi connectivity index (χ0n) is 12.0. The van der Waals surface area contributed by atoms with Crippen molar-refractivity contribution in [1.29, 1.82) is 0 Å². The van der Waals surface area contributed by atoms with Gasteiger partial charge in [-0.2, -0.15) is 0 Å². The minimum atomic E-state index is -0.362. The van der Waals surface area contributed by atoms with Crippen LogP contribution >= 0.6 is 0 Å². The number of nitrogens with one attached hydrogen (secondary N) is 1. The molecule has 1 aliphatic heterocycles. The third kappa shape index (κ3) is 2.39. The van der Waals surface area contributed by atoms with Crippen molar-refractivity contribution in [3.8, 4) is 0 Å². The van der Waals surface area contributed by atoms with Gasteiger partial charge in [0.1, 0.15) is 0 Å². The monoisotopic (exact) mass is 266 g/mol. The summed E-state index contributed by atoms with van der Waals surface area (Å²) in [5.41, 5.74) is -0.525. The van der Waals surface area contributed by atoms with E-state index in [9.17, 15) is 9.59 Å². The summed E-state index contributed by atoms with van der Waals surface area (Å²) in [7, 11) is 0. The van der Waals surface area contributed by atoms with Crippen LogP contribution in [0.2, 0.25) is 0 Å². The van der Waals surface area contributed by atoms with E-state index in [2.05, 4.69) is 25.8 Å². The maximum atomic E-state index is 11.8. The van der Waals surface area contributed by atoms with Crippen molar-refractivity contribution in [2.24, 2.45) is 11.3 Å². The first-order valence-electron chi connectivity index (χ1n) is 6.82. The molecule has 0 unspecified atom stereocenters. The minimum Gasteiger partial charge on any atom is -0.377 e. The van der Waals surface area contributed by atoms with Gasteiger partial charge in [0.25, 0.3) is 5.56 Å². The Bertz CT molecular complexity index is 558. The molecule has 0 saturated carbocycles. The molecule has 19 heavy (non-hydrogen) atoms. The number of H-pyrrole nitrogens is 1. The molecule has 1 aromatic heterocycles. The fraction of sp³-hybridized carbons (Fsp3) is 0.714. The Kier molecular flexibility index (Phi) is 3.67. The van der Waals surface area contributed by atoms with E-state index in [4.69, 9.17) is 4.74 Å². The Morgan fingerprint density at radius 3 is 2.68 bits per heavy atom. The molecule has 2 heterocycles. The predicted octanol–water partition coefficient (Wildman–Crippen LogP) is 1.55. The largest absolute Gasteiger partial charge is 0.377 e. The van der Waals surface area contributed by atoms with Gasteiger partial charge in [-0.15, -0.1) is 0 Å². The van der Waals surface area contributed by atoms with Crippen molar-refractivity contribution in [3.05, 3.63) is 33.1 Å². The minimum absolute atomic E-state index is 0.0134. The molecule has 106 valence electrons. The molecular formula is C14H22N2O3. The molecule has 2 rings (SSSR count). The van der Waals surface area contributed by atoms with Gasteiger partial charge < -0.3 is 4.74 Å². The summed E-state index contributed by atoms with van der Waals surface area (Å²) in [6, 6.07) is 1.37. The standard InChI is InChI=1S/C14H22N2O3/c1-5-14(4)8-19-12(14)9(2)10(3)16-7-6-11(17)15-13(16)18/h6-7,9-10,12H,5,8H2,1-4H3,(H,15,17,18)/t9-,10+,12-,14+/m0/s1. The van der Waals surface area contributed by atoms with Crippen molar-refractivity contribution in [2.45, 2.75) is 46.3 Å². The quantitative estimate of drug-likeness (QED) is 0.899. The molecule has 0 spiro atoms. The lowest BCUT2D eigenvalue weighted by Gasteiger charge is -2.50. The van der Waals surface area contributed by atoms with Crippen LogP contribution in [0, 0.1) is 11.3 Å². The molecule has 5 heteroatoms. The summed E-state index contributed by atoms with van der Waals surface area (Å²) >= 11 is 0. The molecule has 4 atom stereocenters. The van der Waals surface area contributed by atoms with Crippen LogP contribution in [0.25, 0.3) is 0 Å². The number of ether oxygens (including phenoxy) is 1. The van der Waals surface area contributed by atoms with E-state index in [1.54, 1.807) is 10.8 Å². The van der Waals surface area contributed by atoms with E-state index in [0.29, 0.717) is 0 Å². The summed E-state index contributed by atoms with van der Waals surface area (Å²) in [4.78, 5) is 25.2. The highest BCUT2D eigenvalue weighted by molar-refractivity contribution is 4.96. The highest BCUT2D eigenvalue weighted by atomic mass is 16.5. The van der Waals surface area contributed by atoms with Crippen molar-refractivity contribution < 1.29 is 4.74 Å². The third-order valence-electron chi connectivity index (χ3n) is 4.62. The highest BCUT2D eigenvalue weighted by Crippen LogP contribution is 2.44. The van der Waals surface area contributed by atoms with Crippen molar-refractivity contribution in [2.75, 3.05) is 6.61 Å². The van der Waals surface area contributed by atoms with Gasteiger partial charge in [-0.25, -0.2) is 4.79 Å². The second-order valence-electron chi connectivity index (χ2n) is 5.86. The summed E-state index contributed by atoms with van der Waals surface area (Å²) in [6.07, 6.45) is 2.78. The SMILES string of the molecule is CC[C@]1(C)CO[C@H]1[C@@H](C)[C@@H](C)n1ccc(=O)[nH]c1=O. The number of aromatic amines is 1. The van der Waals surface area contributed by atoms with E-state index >= 15 is 0 Å². The number of hydrogen-bond acceptors (Lipinski definition) is 3. The molecule has 1 fully saturated rings. The summed E-state index contributed by atoms with van der Waals surface area (Å²) in [5.74, 6) is 0.210. The van der Waals surface area contributed by atoms with E-state index in [0.717, 1.165) is 13.0 Å². The van der Waals surface area contributed by atoms with Crippen LogP contribution in [0.5, 0.6) is 0 Å². The molecule has 0 aromatic carbocycles. The molecule has 1 N–H and O–H groups in total. The van der Waals surface area contributed by atoms with Crippen molar-refractivity contribution in [1.82, 2.24) is 9.55 Å². The molecule has 5 nitrogen and oxygen atoms in total. The zero-order valence-corrected chi connectivity index (χ0v) is 12.0. The Labute approximate surface area is 112 Å². The summed E-state index contributed by atoms with van der Waals surface area (Å²) < 4.78 is 7.29. The Morgan fingerprint density at radius 1 is 1.53 bits per heavy atom. The number of nitrogens with zero attached hydrogens (tertiary/aromatic N) is 1. The molecule has 0 aliphatic carbocycles. The molecule has 1 aliphatic rings. The zero-order chi connectivity index (χ0) is 14.2.